The molecule has 238 valence electrons. The van der Waals surface area contributed by atoms with Gasteiger partial charge in [0.05, 0.1) is 33.3 Å². The predicted octanol–water partition coefficient (Wildman–Crippen LogP) is 11.2. The van der Waals surface area contributed by atoms with E-state index in [4.69, 9.17) is 19.9 Å². The van der Waals surface area contributed by atoms with Crippen LogP contribution in [0.25, 0.3) is 98.3 Å². The molecule has 0 radical (unpaired) electrons. The number of para-hydroxylation sites is 4. The topological polar surface area (TPSA) is 61.4 Å². The first kappa shape index (κ1) is 28.2. The van der Waals surface area contributed by atoms with Gasteiger partial charge in [0, 0.05) is 53.7 Å². The number of aromatic nitrogens is 6. The molecule has 0 spiro atoms. The molecule has 0 fully saturated rings. The number of rotatable bonds is 4. The van der Waals surface area contributed by atoms with Gasteiger partial charge in [-0.2, -0.15) is 9.97 Å². The Morgan fingerprint density at radius 1 is 0.412 bits per heavy atom. The fraction of sp³-hybridized carbons (Fsp3) is 0. The molecule has 7 heteroatoms. The maximum absolute atomic E-state index is 5.35. The van der Waals surface area contributed by atoms with E-state index in [1.54, 1.807) is 11.3 Å². The molecule has 0 N–H and O–H groups in total. The second-order valence-corrected chi connectivity index (χ2v) is 13.8. The summed E-state index contributed by atoms with van der Waals surface area (Å²) in [6.07, 6.45) is 1.86. The molecule has 0 unspecified atom stereocenters. The maximum Gasteiger partial charge on any atom is 0.238 e. The molecule has 6 nitrogen and oxygen atoms in total. The minimum atomic E-state index is 0.572. The number of hydrogen-bond donors (Lipinski definition) is 0. The Morgan fingerprint density at radius 2 is 0.980 bits per heavy atom. The smallest absolute Gasteiger partial charge is 0.238 e. The largest absolute Gasteiger partial charge is 0.307 e. The Bertz CT molecular complexity index is 3060. The number of benzene rings is 6. The fourth-order valence-electron chi connectivity index (χ4n) is 7.71. The number of fused-ring (bicyclic) bond motifs is 9. The van der Waals surface area contributed by atoms with E-state index < -0.39 is 0 Å². The molecular weight excluding hydrogens is 645 g/mol. The minimum absolute atomic E-state index is 0.572. The molecule has 0 aliphatic carbocycles. The summed E-state index contributed by atoms with van der Waals surface area (Å²) in [6, 6.07) is 52.9. The Kier molecular flexibility index (Phi) is 6.02. The first-order chi connectivity index (χ1) is 25.3. The molecule has 5 heterocycles. The minimum Gasteiger partial charge on any atom is -0.307 e. The summed E-state index contributed by atoms with van der Waals surface area (Å²) in [4.78, 5) is 20.8. The summed E-state index contributed by atoms with van der Waals surface area (Å²) >= 11 is 1.79. The number of hydrogen-bond acceptors (Lipinski definition) is 5. The lowest BCUT2D eigenvalue weighted by Gasteiger charge is -2.15. The predicted molar refractivity (Wildman–Crippen MR) is 210 cm³/mol. The van der Waals surface area contributed by atoms with Crippen LogP contribution in [0.2, 0.25) is 0 Å². The number of pyridine rings is 1. The van der Waals surface area contributed by atoms with E-state index >= 15 is 0 Å². The van der Waals surface area contributed by atoms with E-state index in [1.165, 1.54) is 14.8 Å². The standard InChI is InChI=1S/C44H26N6S/c1-6-19-33-27(13-1)28-14-2-7-20-34(28)50(33)44-47-42(46-43(48-44)32-18-11-25-39-40(32)31-17-5-10-24-38(31)51-39)30-16-4-9-22-36(30)49-35-21-8-3-15-29(35)41-37(49)23-12-26-45-41/h1-26H. The van der Waals surface area contributed by atoms with Gasteiger partial charge >= 0.3 is 0 Å². The highest BCUT2D eigenvalue weighted by Crippen LogP contribution is 2.41. The zero-order chi connectivity index (χ0) is 33.5. The Hall–Kier alpha value is -6.70. The fourth-order valence-corrected chi connectivity index (χ4v) is 8.84. The molecule has 11 aromatic rings. The maximum atomic E-state index is 5.35. The summed E-state index contributed by atoms with van der Waals surface area (Å²) in [5, 5.41) is 5.76. The molecule has 0 atom stereocenters. The van der Waals surface area contributed by atoms with Gasteiger partial charge in [0.2, 0.25) is 5.95 Å². The van der Waals surface area contributed by atoms with Gasteiger partial charge in [-0.3, -0.25) is 9.55 Å². The van der Waals surface area contributed by atoms with Crippen molar-refractivity contribution in [1.29, 1.82) is 0 Å². The molecular formula is C44H26N6S. The van der Waals surface area contributed by atoms with Crippen LogP contribution in [0.4, 0.5) is 0 Å². The van der Waals surface area contributed by atoms with Gasteiger partial charge in [0.25, 0.3) is 0 Å². The first-order valence-corrected chi connectivity index (χ1v) is 17.7. The highest BCUT2D eigenvalue weighted by molar-refractivity contribution is 7.25. The average Bonchev–Trinajstić information content (AvgIpc) is 3.86. The molecule has 0 aliphatic heterocycles. The molecule has 0 amide bonds. The molecule has 51 heavy (non-hydrogen) atoms. The second kappa shape index (κ2) is 10.9. The quantitative estimate of drug-likeness (QED) is 0.187. The third kappa shape index (κ3) is 4.16. The zero-order valence-corrected chi connectivity index (χ0v) is 27.9. The van der Waals surface area contributed by atoms with Crippen LogP contribution in [0.5, 0.6) is 0 Å². The Balaban J connectivity index is 1.25. The summed E-state index contributed by atoms with van der Waals surface area (Å²) in [7, 11) is 0. The summed E-state index contributed by atoms with van der Waals surface area (Å²) in [6.45, 7) is 0. The molecule has 0 saturated carbocycles. The van der Waals surface area contributed by atoms with Crippen molar-refractivity contribution in [2.24, 2.45) is 0 Å². The van der Waals surface area contributed by atoms with Gasteiger partial charge in [-0.15, -0.1) is 11.3 Å². The van der Waals surface area contributed by atoms with Crippen molar-refractivity contribution in [3.05, 3.63) is 158 Å². The van der Waals surface area contributed by atoms with Gasteiger partial charge < -0.3 is 4.57 Å². The van der Waals surface area contributed by atoms with Crippen LogP contribution in [0.15, 0.2) is 158 Å². The van der Waals surface area contributed by atoms with Crippen LogP contribution in [-0.2, 0) is 0 Å². The van der Waals surface area contributed by atoms with Crippen LogP contribution in [0, 0.1) is 0 Å². The zero-order valence-electron chi connectivity index (χ0n) is 27.1. The summed E-state index contributed by atoms with van der Waals surface area (Å²) in [5.74, 6) is 1.80. The van der Waals surface area contributed by atoms with Crippen LogP contribution in [-0.4, -0.2) is 29.1 Å². The summed E-state index contributed by atoms with van der Waals surface area (Å²) < 4.78 is 6.90. The van der Waals surface area contributed by atoms with Crippen molar-refractivity contribution in [2.45, 2.75) is 0 Å². The molecule has 0 saturated heterocycles. The molecule has 6 aromatic carbocycles. The molecule has 11 rings (SSSR count). The van der Waals surface area contributed by atoms with E-state index in [-0.39, 0.29) is 0 Å². The van der Waals surface area contributed by atoms with Crippen molar-refractivity contribution in [2.75, 3.05) is 0 Å². The lowest BCUT2D eigenvalue weighted by Crippen LogP contribution is -2.08. The first-order valence-electron chi connectivity index (χ1n) is 16.9. The van der Waals surface area contributed by atoms with E-state index in [2.05, 4.69) is 155 Å². The van der Waals surface area contributed by atoms with Gasteiger partial charge in [0.1, 0.15) is 0 Å². The Labute approximate surface area is 295 Å². The monoisotopic (exact) mass is 670 g/mol. The van der Waals surface area contributed by atoms with E-state index in [0.29, 0.717) is 17.6 Å². The highest BCUT2D eigenvalue weighted by Gasteiger charge is 2.22. The number of thiophene rings is 1. The van der Waals surface area contributed by atoms with Crippen molar-refractivity contribution in [1.82, 2.24) is 29.1 Å². The van der Waals surface area contributed by atoms with E-state index in [1.807, 2.05) is 12.3 Å². The third-order valence-electron chi connectivity index (χ3n) is 9.86. The normalized spacial score (nSPS) is 11.9. The van der Waals surface area contributed by atoms with Gasteiger partial charge in [-0.25, -0.2) is 4.98 Å². The lowest BCUT2D eigenvalue weighted by molar-refractivity contribution is 0.952. The molecule has 0 bridgehead atoms. The number of nitrogens with zero attached hydrogens (tertiary/aromatic N) is 6. The molecule has 5 aromatic heterocycles. The van der Waals surface area contributed by atoms with Crippen molar-refractivity contribution < 1.29 is 0 Å². The van der Waals surface area contributed by atoms with Crippen molar-refractivity contribution in [3.8, 4) is 34.4 Å². The van der Waals surface area contributed by atoms with E-state index in [9.17, 15) is 0 Å². The van der Waals surface area contributed by atoms with Gasteiger partial charge in [0.15, 0.2) is 11.6 Å². The highest BCUT2D eigenvalue weighted by atomic mass is 32.1. The summed E-state index contributed by atoms with van der Waals surface area (Å²) in [5.41, 5.74) is 8.00. The lowest BCUT2D eigenvalue weighted by atomic mass is 10.1. The van der Waals surface area contributed by atoms with Gasteiger partial charge in [-0.1, -0.05) is 97.1 Å². The van der Waals surface area contributed by atoms with E-state index in [0.717, 1.165) is 65.9 Å². The second-order valence-electron chi connectivity index (χ2n) is 12.7. The molecule has 0 aliphatic rings. The Morgan fingerprint density at radius 3 is 1.76 bits per heavy atom. The third-order valence-corrected chi connectivity index (χ3v) is 11.0. The van der Waals surface area contributed by atoms with Crippen LogP contribution in [0.3, 0.4) is 0 Å². The van der Waals surface area contributed by atoms with Gasteiger partial charge in [-0.05, 0) is 54.6 Å². The average molecular weight is 671 g/mol. The van der Waals surface area contributed by atoms with Crippen molar-refractivity contribution in [3.63, 3.8) is 0 Å². The van der Waals surface area contributed by atoms with Crippen LogP contribution < -0.4 is 0 Å². The van der Waals surface area contributed by atoms with Crippen molar-refractivity contribution >= 4 is 75.3 Å². The van der Waals surface area contributed by atoms with Crippen LogP contribution in [0.1, 0.15) is 0 Å². The van der Waals surface area contributed by atoms with Crippen LogP contribution >= 0.6 is 11.3 Å². The SMILES string of the molecule is c1ccc(-n2c3ccccc3c3ncccc32)c(-c2nc(-c3cccc4sc5ccccc5c34)nc(-n3c4ccccc4c4ccccc43)n2)c1.